The monoisotopic (exact) mass is 418 g/mol. The Labute approximate surface area is 180 Å². The zero-order valence-corrected chi connectivity index (χ0v) is 17.8. The van der Waals surface area contributed by atoms with Crippen LogP contribution in [0.1, 0.15) is 45.9 Å². The quantitative estimate of drug-likeness (QED) is 0.689. The highest BCUT2D eigenvalue weighted by molar-refractivity contribution is 6.06. The maximum atomic E-state index is 13.1. The molecule has 3 aromatic rings. The Balaban J connectivity index is 1.31. The first-order valence-electron chi connectivity index (χ1n) is 10.7. The second-order valence-corrected chi connectivity index (χ2v) is 8.44. The van der Waals surface area contributed by atoms with Crippen molar-refractivity contribution in [3.63, 3.8) is 0 Å². The molecule has 8 heteroatoms. The molecule has 0 saturated heterocycles. The SMILES string of the molecule is CN(C(=O)c1cnn(C)c1C(=O)N[C@@H]1CCn2cc(-c3ccccc3)nc2C1)C1CC1. The second kappa shape index (κ2) is 7.68. The maximum Gasteiger partial charge on any atom is 0.270 e. The fourth-order valence-corrected chi connectivity index (χ4v) is 4.23. The van der Waals surface area contributed by atoms with Crippen molar-refractivity contribution in [2.24, 2.45) is 7.05 Å². The summed E-state index contributed by atoms with van der Waals surface area (Å²) in [4.78, 5) is 32.4. The molecule has 3 heterocycles. The first-order valence-corrected chi connectivity index (χ1v) is 10.7. The van der Waals surface area contributed by atoms with Crippen LogP contribution in [0.5, 0.6) is 0 Å². The number of fused-ring (bicyclic) bond motifs is 1. The molecule has 1 N–H and O–H groups in total. The van der Waals surface area contributed by atoms with Crippen molar-refractivity contribution in [3.05, 3.63) is 59.8 Å². The van der Waals surface area contributed by atoms with E-state index in [1.54, 1.807) is 19.0 Å². The Morgan fingerprint density at radius 3 is 2.68 bits per heavy atom. The molecule has 0 spiro atoms. The van der Waals surface area contributed by atoms with Crippen LogP contribution in [0.4, 0.5) is 0 Å². The van der Waals surface area contributed by atoms with Crippen molar-refractivity contribution in [1.82, 2.24) is 29.5 Å². The molecule has 1 fully saturated rings. The summed E-state index contributed by atoms with van der Waals surface area (Å²) < 4.78 is 3.65. The van der Waals surface area contributed by atoms with E-state index in [1.165, 1.54) is 10.9 Å². The average molecular weight is 419 g/mol. The minimum Gasteiger partial charge on any atom is -0.347 e. The number of carbonyl (C=O) groups excluding carboxylic acids is 2. The number of carbonyl (C=O) groups is 2. The van der Waals surface area contributed by atoms with E-state index < -0.39 is 0 Å². The van der Waals surface area contributed by atoms with E-state index in [0.29, 0.717) is 17.7 Å². The molecule has 2 amide bonds. The van der Waals surface area contributed by atoms with Gasteiger partial charge in [-0.1, -0.05) is 30.3 Å². The molecule has 0 radical (unpaired) electrons. The second-order valence-electron chi connectivity index (χ2n) is 8.44. The van der Waals surface area contributed by atoms with Crippen LogP contribution in [0.25, 0.3) is 11.3 Å². The van der Waals surface area contributed by atoms with Gasteiger partial charge in [-0.2, -0.15) is 5.10 Å². The normalized spacial score (nSPS) is 17.8. The van der Waals surface area contributed by atoms with Gasteiger partial charge >= 0.3 is 0 Å². The molecule has 31 heavy (non-hydrogen) atoms. The predicted molar refractivity (Wildman–Crippen MR) is 116 cm³/mol. The number of nitrogens with zero attached hydrogens (tertiary/aromatic N) is 5. The summed E-state index contributed by atoms with van der Waals surface area (Å²) in [5.41, 5.74) is 2.71. The molecule has 5 rings (SSSR count). The lowest BCUT2D eigenvalue weighted by molar-refractivity contribution is 0.0775. The molecular weight excluding hydrogens is 392 g/mol. The molecule has 1 aliphatic heterocycles. The number of rotatable bonds is 5. The van der Waals surface area contributed by atoms with E-state index in [9.17, 15) is 9.59 Å². The lowest BCUT2D eigenvalue weighted by Gasteiger charge is -2.24. The molecule has 2 aromatic heterocycles. The van der Waals surface area contributed by atoms with Gasteiger partial charge in [0.1, 0.15) is 11.5 Å². The highest BCUT2D eigenvalue weighted by Crippen LogP contribution is 2.27. The molecule has 1 saturated carbocycles. The third kappa shape index (κ3) is 3.73. The van der Waals surface area contributed by atoms with E-state index in [0.717, 1.165) is 42.9 Å². The number of imidazole rings is 1. The van der Waals surface area contributed by atoms with Crippen molar-refractivity contribution < 1.29 is 9.59 Å². The van der Waals surface area contributed by atoms with Crippen molar-refractivity contribution in [2.75, 3.05) is 7.05 Å². The van der Waals surface area contributed by atoms with E-state index in [1.807, 2.05) is 30.3 Å². The van der Waals surface area contributed by atoms with Gasteiger partial charge in [-0.3, -0.25) is 14.3 Å². The fourth-order valence-electron chi connectivity index (χ4n) is 4.23. The summed E-state index contributed by atoms with van der Waals surface area (Å²) >= 11 is 0. The largest absolute Gasteiger partial charge is 0.347 e. The minimum absolute atomic E-state index is 0.0370. The number of nitrogens with one attached hydrogen (secondary N) is 1. The molecule has 1 aliphatic carbocycles. The summed E-state index contributed by atoms with van der Waals surface area (Å²) in [6.45, 7) is 0.793. The van der Waals surface area contributed by atoms with Crippen LogP contribution in [-0.2, 0) is 20.0 Å². The van der Waals surface area contributed by atoms with Crippen LogP contribution < -0.4 is 5.32 Å². The van der Waals surface area contributed by atoms with Crippen LogP contribution >= 0.6 is 0 Å². The number of benzene rings is 1. The zero-order chi connectivity index (χ0) is 21.5. The van der Waals surface area contributed by atoms with Gasteiger partial charge in [0.15, 0.2) is 0 Å². The van der Waals surface area contributed by atoms with Gasteiger partial charge in [0.05, 0.1) is 17.5 Å². The average Bonchev–Trinajstić information content (AvgIpc) is 3.43. The summed E-state index contributed by atoms with van der Waals surface area (Å²) in [5, 5.41) is 7.29. The Morgan fingerprint density at radius 2 is 1.94 bits per heavy atom. The van der Waals surface area contributed by atoms with Crippen molar-refractivity contribution in [3.8, 4) is 11.3 Å². The lowest BCUT2D eigenvalue weighted by atomic mass is 10.1. The molecule has 1 aromatic carbocycles. The van der Waals surface area contributed by atoms with Crippen molar-refractivity contribution in [1.29, 1.82) is 0 Å². The fraction of sp³-hybridized carbons (Fsp3) is 0.391. The molecule has 0 unspecified atom stereocenters. The predicted octanol–water partition coefficient (Wildman–Crippen LogP) is 2.26. The Morgan fingerprint density at radius 1 is 1.16 bits per heavy atom. The highest BCUT2D eigenvalue weighted by Gasteiger charge is 2.34. The Hall–Kier alpha value is -3.42. The maximum absolute atomic E-state index is 13.1. The number of aromatic nitrogens is 4. The van der Waals surface area contributed by atoms with Gasteiger partial charge in [-0.05, 0) is 19.3 Å². The topological polar surface area (TPSA) is 85.0 Å². The van der Waals surface area contributed by atoms with E-state index >= 15 is 0 Å². The molecule has 1 atom stereocenters. The lowest BCUT2D eigenvalue weighted by Crippen LogP contribution is -2.41. The third-order valence-corrected chi connectivity index (χ3v) is 6.21. The third-order valence-electron chi connectivity index (χ3n) is 6.21. The minimum atomic E-state index is -0.263. The molecule has 2 aliphatic rings. The zero-order valence-electron chi connectivity index (χ0n) is 17.8. The van der Waals surface area contributed by atoms with E-state index in [4.69, 9.17) is 4.98 Å². The summed E-state index contributed by atoms with van der Waals surface area (Å²) in [6.07, 6.45) is 7.08. The molecule has 0 bridgehead atoms. The summed E-state index contributed by atoms with van der Waals surface area (Å²) in [7, 11) is 3.49. The molecule has 160 valence electrons. The first kappa shape index (κ1) is 19.5. The van der Waals surface area contributed by atoms with Crippen molar-refractivity contribution >= 4 is 11.8 Å². The smallest absolute Gasteiger partial charge is 0.270 e. The first-order chi connectivity index (χ1) is 15.0. The van der Waals surface area contributed by atoms with E-state index in [-0.39, 0.29) is 23.9 Å². The molecule has 8 nitrogen and oxygen atoms in total. The summed E-state index contributed by atoms with van der Waals surface area (Å²) in [5.74, 6) is 0.554. The number of hydrogen-bond donors (Lipinski definition) is 1. The standard InChI is InChI=1S/C23H26N6O2/c1-27(17-8-9-17)23(31)18-13-24-28(2)21(18)22(30)25-16-10-11-29-14-19(26-20(29)12-16)15-6-4-3-5-7-15/h3-7,13-14,16-17H,8-12H2,1-2H3,(H,25,30)/t16-/m1/s1. The Bertz CT molecular complexity index is 1130. The van der Waals surface area contributed by atoms with Gasteiger partial charge in [-0.15, -0.1) is 0 Å². The Kier molecular flexibility index (Phi) is 4.84. The summed E-state index contributed by atoms with van der Waals surface area (Å²) in [6, 6.07) is 10.3. The van der Waals surface area contributed by atoms with Crippen LogP contribution in [0.15, 0.2) is 42.7 Å². The van der Waals surface area contributed by atoms with Gasteiger partial charge in [0, 0.05) is 50.9 Å². The van der Waals surface area contributed by atoms with Crippen LogP contribution in [0.2, 0.25) is 0 Å². The van der Waals surface area contributed by atoms with Gasteiger partial charge in [-0.25, -0.2) is 4.98 Å². The van der Waals surface area contributed by atoms with Gasteiger partial charge in [0.25, 0.3) is 11.8 Å². The van der Waals surface area contributed by atoms with Crippen LogP contribution in [-0.4, -0.2) is 55.2 Å². The van der Waals surface area contributed by atoms with Gasteiger partial charge in [0.2, 0.25) is 0 Å². The van der Waals surface area contributed by atoms with Crippen LogP contribution in [0.3, 0.4) is 0 Å². The number of amides is 2. The molecular formula is C23H26N6O2. The van der Waals surface area contributed by atoms with Gasteiger partial charge < -0.3 is 14.8 Å². The number of hydrogen-bond acceptors (Lipinski definition) is 4. The van der Waals surface area contributed by atoms with Crippen molar-refractivity contribution in [2.45, 2.75) is 44.3 Å². The van der Waals surface area contributed by atoms with E-state index in [2.05, 4.69) is 21.2 Å². The van der Waals surface area contributed by atoms with Crippen LogP contribution in [0, 0.1) is 0 Å². The number of aryl methyl sites for hydroxylation is 2. The highest BCUT2D eigenvalue weighted by atomic mass is 16.2.